The van der Waals surface area contributed by atoms with Gasteiger partial charge in [-0.15, -0.1) is 0 Å². The minimum atomic E-state index is -0.955. The van der Waals surface area contributed by atoms with Crippen molar-refractivity contribution in [2.45, 2.75) is 12.6 Å². The molecule has 1 unspecified atom stereocenters. The molecule has 0 aromatic carbocycles. The number of hydrogen-bond acceptors (Lipinski definition) is 10. The van der Waals surface area contributed by atoms with E-state index in [1.165, 1.54) is 0 Å². The lowest BCUT2D eigenvalue weighted by atomic mass is 10.3. The van der Waals surface area contributed by atoms with E-state index in [1.54, 1.807) is 0 Å². The summed E-state index contributed by atoms with van der Waals surface area (Å²) in [4.78, 5) is 11.5. The van der Waals surface area contributed by atoms with Crippen LogP contribution in [-0.2, 0) is 6.42 Å². The Morgan fingerprint density at radius 2 is 1.60 bits per heavy atom. The monoisotopic (exact) mass is 215 g/mol. The number of nitrogens with two attached hydrogens (primary N) is 3. The van der Waals surface area contributed by atoms with Crippen LogP contribution in [0.5, 0.6) is 0 Å². The number of nitrogens with one attached hydrogen (secondary N) is 3. The van der Waals surface area contributed by atoms with Gasteiger partial charge in [-0.1, -0.05) is 0 Å². The SMILES string of the molecule is NNc1nc(CC(O)NN)nc(NN)n1. The highest BCUT2D eigenvalue weighted by molar-refractivity contribution is 5.32. The first-order valence-electron chi connectivity index (χ1n) is 4.02. The van der Waals surface area contributed by atoms with Gasteiger partial charge in [0.1, 0.15) is 12.1 Å². The fourth-order valence-electron chi connectivity index (χ4n) is 0.872. The number of aromatic nitrogens is 3. The number of nitrogen functional groups attached to an aromatic ring is 2. The van der Waals surface area contributed by atoms with Crippen LogP contribution in [0, 0.1) is 0 Å². The molecule has 0 radical (unpaired) electrons. The van der Waals surface area contributed by atoms with Gasteiger partial charge in [0.15, 0.2) is 0 Å². The standard InChI is InChI=1S/C5H13N9O/c6-12-3(15)1-2-9-4(13-7)11-5(10-2)14-8/h3,12,15H,1,6-8H2,(H2,9,10,11,13,14). The molecule has 1 atom stereocenters. The highest BCUT2D eigenvalue weighted by Gasteiger charge is 2.09. The number of hydrogen-bond donors (Lipinski definition) is 7. The molecule has 10 heteroatoms. The van der Waals surface area contributed by atoms with Crippen molar-refractivity contribution in [2.24, 2.45) is 17.5 Å². The Morgan fingerprint density at radius 1 is 1.07 bits per heavy atom. The second-order valence-corrected chi connectivity index (χ2v) is 2.57. The molecule has 10 N–H and O–H groups in total. The quantitative estimate of drug-likeness (QED) is 0.150. The molecule has 84 valence electrons. The first-order chi connectivity index (χ1) is 7.19. The molecule has 1 heterocycles. The van der Waals surface area contributed by atoms with E-state index >= 15 is 0 Å². The van der Waals surface area contributed by atoms with E-state index in [2.05, 4.69) is 31.2 Å². The highest BCUT2D eigenvalue weighted by Crippen LogP contribution is 2.04. The molecule has 0 aliphatic rings. The number of anilines is 2. The Morgan fingerprint density at radius 3 is 2.00 bits per heavy atom. The van der Waals surface area contributed by atoms with E-state index in [9.17, 15) is 5.11 Å². The number of hydrazine groups is 3. The van der Waals surface area contributed by atoms with E-state index in [1.807, 2.05) is 0 Å². The molecule has 1 aromatic rings. The molecule has 0 aliphatic heterocycles. The normalized spacial score (nSPS) is 12.3. The molecule has 0 aliphatic carbocycles. The van der Waals surface area contributed by atoms with Crippen LogP contribution in [0.4, 0.5) is 11.9 Å². The molecule has 0 spiro atoms. The first kappa shape index (κ1) is 11.5. The molecule has 0 amide bonds. The first-order valence-corrected chi connectivity index (χ1v) is 4.02. The van der Waals surface area contributed by atoms with E-state index < -0.39 is 6.23 Å². The predicted molar refractivity (Wildman–Crippen MR) is 52.5 cm³/mol. The average Bonchev–Trinajstić information content (AvgIpc) is 2.28. The van der Waals surface area contributed by atoms with Crippen LogP contribution in [0.25, 0.3) is 0 Å². The third-order valence-corrected chi connectivity index (χ3v) is 1.51. The molecule has 1 aromatic heterocycles. The summed E-state index contributed by atoms with van der Waals surface area (Å²) < 4.78 is 0. The van der Waals surface area contributed by atoms with Crippen molar-refractivity contribution in [2.75, 3.05) is 10.9 Å². The van der Waals surface area contributed by atoms with Crippen molar-refractivity contribution in [1.82, 2.24) is 20.4 Å². The zero-order valence-electron chi connectivity index (χ0n) is 7.81. The lowest BCUT2D eigenvalue weighted by Crippen LogP contribution is -2.37. The van der Waals surface area contributed by atoms with Crippen LogP contribution in [0.1, 0.15) is 5.82 Å². The number of aliphatic hydroxyl groups is 1. The fourth-order valence-corrected chi connectivity index (χ4v) is 0.872. The summed E-state index contributed by atoms with van der Waals surface area (Å²) in [5.41, 5.74) is 6.62. The molecular weight excluding hydrogens is 202 g/mol. The summed E-state index contributed by atoms with van der Waals surface area (Å²) in [5.74, 6) is 15.8. The summed E-state index contributed by atoms with van der Waals surface area (Å²) in [6.45, 7) is 0. The lowest BCUT2D eigenvalue weighted by Gasteiger charge is -2.09. The van der Waals surface area contributed by atoms with Crippen LogP contribution < -0.4 is 33.8 Å². The summed E-state index contributed by atoms with van der Waals surface area (Å²) in [6, 6.07) is 0. The van der Waals surface area contributed by atoms with Crippen molar-refractivity contribution in [3.8, 4) is 0 Å². The van der Waals surface area contributed by atoms with Gasteiger partial charge in [0, 0.05) is 6.42 Å². The Labute approximate surface area is 85.2 Å². The van der Waals surface area contributed by atoms with Gasteiger partial charge in [0.25, 0.3) is 0 Å². The van der Waals surface area contributed by atoms with E-state index in [4.69, 9.17) is 17.5 Å². The molecule has 0 fully saturated rings. The molecule has 0 saturated carbocycles. The van der Waals surface area contributed by atoms with Gasteiger partial charge in [0.2, 0.25) is 11.9 Å². The zero-order chi connectivity index (χ0) is 11.3. The molecule has 0 bridgehead atoms. The van der Waals surface area contributed by atoms with Crippen LogP contribution >= 0.6 is 0 Å². The largest absolute Gasteiger partial charge is 0.377 e. The second kappa shape index (κ2) is 5.33. The van der Waals surface area contributed by atoms with Gasteiger partial charge < -0.3 is 5.11 Å². The topological polar surface area (TPSA) is 173 Å². The number of rotatable bonds is 5. The van der Waals surface area contributed by atoms with Crippen LogP contribution in [0.2, 0.25) is 0 Å². The second-order valence-electron chi connectivity index (χ2n) is 2.57. The minimum Gasteiger partial charge on any atom is -0.377 e. The molecule has 0 saturated heterocycles. The molecular formula is C5H13N9O. The number of aliphatic hydroxyl groups excluding tert-OH is 1. The zero-order valence-corrected chi connectivity index (χ0v) is 7.81. The third kappa shape index (κ3) is 3.23. The van der Waals surface area contributed by atoms with Crippen molar-refractivity contribution in [1.29, 1.82) is 0 Å². The van der Waals surface area contributed by atoms with Crippen LogP contribution in [0.15, 0.2) is 0 Å². The Balaban J connectivity index is 2.86. The van der Waals surface area contributed by atoms with Crippen LogP contribution in [0.3, 0.4) is 0 Å². The maximum Gasteiger partial charge on any atom is 0.242 e. The van der Waals surface area contributed by atoms with Gasteiger partial charge in [-0.3, -0.25) is 16.7 Å². The minimum absolute atomic E-state index is 0.0996. The Hall–Kier alpha value is -1.59. The summed E-state index contributed by atoms with van der Waals surface area (Å²) in [6.07, 6.45) is -0.855. The maximum absolute atomic E-state index is 9.20. The average molecular weight is 215 g/mol. The Bertz CT molecular complexity index is 295. The maximum atomic E-state index is 9.20. The molecule has 15 heavy (non-hydrogen) atoms. The highest BCUT2D eigenvalue weighted by atomic mass is 16.3. The van der Waals surface area contributed by atoms with Crippen LogP contribution in [-0.4, -0.2) is 26.3 Å². The summed E-state index contributed by atoms with van der Waals surface area (Å²) >= 11 is 0. The van der Waals surface area contributed by atoms with E-state index in [0.717, 1.165) is 0 Å². The van der Waals surface area contributed by atoms with Gasteiger partial charge in [-0.25, -0.2) is 17.1 Å². The van der Waals surface area contributed by atoms with Crippen molar-refractivity contribution >= 4 is 11.9 Å². The summed E-state index contributed by atoms with van der Waals surface area (Å²) in [5, 5.41) is 9.20. The van der Waals surface area contributed by atoms with Gasteiger partial charge in [-0.05, 0) is 0 Å². The van der Waals surface area contributed by atoms with Crippen molar-refractivity contribution < 1.29 is 5.11 Å². The smallest absolute Gasteiger partial charge is 0.242 e. The van der Waals surface area contributed by atoms with Crippen molar-refractivity contribution in [3.05, 3.63) is 5.82 Å². The lowest BCUT2D eigenvalue weighted by molar-refractivity contribution is 0.136. The molecule has 10 nitrogen and oxygen atoms in total. The van der Waals surface area contributed by atoms with Gasteiger partial charge >= 0.3 is 0 Å². The predicted octanol–water partition coefficient (Wildman–Crippen LogP) is -3.23. The number of nitrogens with zero attached hydrogens (tertiary/aromatic N) is 3. The molecule has 1 rings (SSSR count). The fraction of sp³-hybridized carbons (Fsp3) is 0.400. The van der Waals surface area contributed by atoms with Crippen molar-refractivity contribution in [3.63, 3.8) is 0 Å². The van der Waals surface area contributed by atoms with E-state index in [-0.39, 0.29) is 24.1 Å². The van der Waals surface area contributed by atoms with E-state index in [0.29, 0.717) is 0 Å². The summed E-state index contributed by atoms with van der Waals surface area (Å²) in [7, 11) is 0. The third-order valence-electron chi connectivity index (χ3n) is 1.51. The van der Waals surface area contributed by atoms with Gasteiger partial charge in [0.05, 0.1) is 0 Å². The Kier molecular flexibility index (Phi) is 4.08. The van der Waals surface area contributed by atoms with Gasteiger partial charge in [-0.2, -0.15) is 15.0 Å².